The van der Waals surface area contributed by atoms with Gasteiger partial charge in [0.05, 0.1) is 12.2 Å². The molecule has 0 spiro atoms. The molecule has 0 saturated carbocycles. The van der Waals surface area contributed by atoms with E-state index >= 15 is 0 Å². The van der Waals surface area contributed by atoms with E-state index in [0.29, 0.717) is 0 Å². The van der Waals surface area contributed by atoms with Crippen molar-refractivity contribution in [2.24, 2.45) is 0 Å². The van der Waals surface area contributed by atoms with E-state index in [0.717, 1.165) is 6.08 Å². The van der Waals surface area contributed by atoms with E-state index in [-0.39, 0.29) is 17.8 Å². The first-order valence-corrected chi connectivity index (χ1v) is 3.88. The third kappa shape index (κ3) is 4.25. The summed E-state index contributed by atoms with van der Waals surface area (Å²) >= 11 is 0. The molecule has 0 unspecified atom stereocenters. The number of rotatable bonds is 4. The van der Waals surface area contributed by atoms with Gasteiger partial charge in [0, 0.05) is 0 Å². The lowest BCUT2D eigenvalue weighted by atomic mass is 10.2. The average molecular weight is 184 g/mol. The summed E-state index contributed by atoms with van der Waals surface area (Å²) in [4.78, 5) is 10.9. The molecule has 0 aliphatic carbocycles. The number of hydrogen-bond acceptors (Lipinski definition) is 2. The normalized spacial score (nSPS) is 10.8. The number of hydrogen-bond donors (Lipinski definition) is 0. The SMILES string of the molecule is C=C(/C=C(/F)C(=C)C)C(=O)OCC. The summed E-state index contributed by atoms with van der Waals surface area (Å²) in [5, 5.41) is 0. The maximum absolute atomic E-state index is 12.9. The van der Waals surface area contributed by atoms with Gasteiger partial charge >= 0.3 is 5.97 Å². The molecule has 3 heteroatoms. The average Bonchev–Trinajstić information content (AvgIpc) is 2.04. The molecule has 0 aliphatic heterocycles. The number of allylic oxidation sites excluding steroid dienone is 2. The van der Waals surface area contributed by atoms with Crippen LogP contribution >= 0.6 is 0 Å². The fourth-order valence-electron chi connectivity index (χ4n) is 0.559. The van der Waals surface area contributed by atoms with Crippen molar-refractivity contribution in [3.8, 4) is 0 Å². The molecule has 72 valence electrons. The second kappa shape index (κ2) is 5.30. The van der Waals surface area contributed by atoms with Crippen LogP contribution in [0.15, 0.2) is 36.2 Å². The van der Waals surface area contributed by atoms with Gasteiger partial charge in [-0.25, -0.2) is 9.18 Å². The molecule has 0 saturated heterocycles. The predicted molar refractivity (Wildman–Crippen MR) is 49.8 cm³/mol. The van der Waals surface area contributed by atoms with E-state index in [2.05, 4.69) is 17.9 Å². The first-order chi connectivity index (χ1) is 5.99. The molecule has 0 fully saturated rings. The summed E-state index contributed by atoms with van der Waals surface area (Å²) in [6, 6.07) is 0. The van der Waals surface area contributed by atoms with Crippen LogP contribution in [0.4, 0.5) is 4.39 Å². The predicted octanol–water partition coefficient (Wildman–Crippen LogP) is 2.54. The van der Waals surface area contributed by atoms with Crippen LogP contribution in [-0.4, -0.2) is 12.6 Å². The summed E-state index contributed by atoms with van der Waals surface area (Å²) in [7, 11) is 0. The van der Waals surface area contributed by atoms with Gasteiger partial charge in [-0.15, -0.1) is 0 Å². The van der Waals surface area contributed by atoms with Gasteiger partial charge in [0.25, 0.3) is 0 Å². The molecular weight excluding hydrogens is 171 g/mol. The molecule has 0 N–H and O–H groups in total. The van der Waals surface area contributed by atoms with Gasteiger partial charge in [-0.3, -0.25) is 0 Å². The second-order valence-electron chi connectivity index (χ2n) is 2.52. The van der Waals surface area contributed by atoms with Crippen molar-refractivity contribution in [3.05, 3.63) is 36.2 Å². The van der Waals surface area contributed by atoms with E-state index in [1.54, 1.807) is 6.92 Å². The largest absolute Gasteiger partial charge is 0.462 e. The Labute approximate surface area is 77.4 Å². The maximum atomic E-state index is 12.9. The lowest BCUT2D eigenvalue weighted by molar-refractivity contribution is -0.138. The van der Waals surface area contributed by atoms with Gasteiger partial charge in [-0.05, 0) is 25.5 Å². The zero-order valence-corrected chi connectivity index (χ0v) is 7.89. The number of ether oxygens (including phenoxy) is 1. The molecule has 0 amide bonds. The van der Waals surface area contributed by atoms with Gasteiger partial charge < -0.3 is 4.74 Å². The van der Waals surface area contributed by atoms with Crippen LogP contribution in [0.25, 0.3) is 0 Å². The monoisotopic (exact) mass is 184 g/mol. The highest BCUT2D eigenvalue weighted by molar-refractivity contribution is 5.91. The molecule has 0 aromatic heterocycles. The summed E-state index contributed by atoms with van der Waals surface area (Å²) in [6.45, 7) is 10.2. The van der Waals surface area contributed by atoms with E-state index in [4.69, 9.17) is 0 Å². The zero-order chi connectivity index (χ0) is 10.4. The third-order valence-corrected chi connectivity index (χ3v) is 1.25. The Bertz CT molecular complexity index is 264. The smallest absolute Gasteiger partial charge is 0.337 e. The van der Waals surface area contributed by atoms with Gasteiger partial charge in [0.2, 0.25) is 0 Å². The fourth-order valence-corrected chi connectivity index (χ4v) is 0.559. The van der Waals surface area contributed by atoms with Gasteiger partial charge in [0.1, 0.15) is 5.83 Å². The van der Waals surface area contributed by atoms with Gasteiger partial charge in [0.15, 0.2) is 0 Å². The summed E-state index contributed by atoms with van der Waals surface area (Å²) in [5.41, 5.74) is 0.243. The van der Waals surface area contributed by atoms with E-state index < -0.39 is 11.8 Å². The molecule has 0 aromatic rings. The first kappa shape index (κ1) is 11.6. The van der Waals surface area contributed by atoms with E-state index in [1.165, 1.54) is 6.92 Å². The van der Waals surface area contributed by atoms with Crippen molar-refractivity contribution in [1.82, 2.24) is 0 Å². The Morgan fingerprint density at radius 2 is 2.08 bits per heavy atom. The lowest BCUT2D eigenvalue weighted by Gasteiger charge is -2.00. The Morgan fingerprint density at radius 1 is 1.54 bits per heavy atom. The van der Waals surface area contributed by atoms with E-state index in [1.807, 2.05) is 0 Å². The Hall–Kier alpha value is -1.38. The van der Waals surface area contributed by atoms with Crippen LogP contribution in [0.2, 0.25) is 0 Å². The molecule has 0 atom stereocenters. The maximum Gasteiger partial charge on any atom is 0.337 e. The Morgan fingerprint density at radius 3 is 2.46 bits per heavy atom. The summed E-state index contributed by atoms with van der Waals surface area (Å²) in [6.07, 6.45) is 1.01. The highest BCUT2D eigenvalue weighted by Gasteiger charge is 2.06. The number of carbonyl (C=O) groups excluding carboxylic acids is 1. The van der Waals surface area contributed by atoms with Crippen LogP contribution in [0.1, 0.15) is 13.8 Å². The van der Waals surface area contributed by atoms with E-state index in [9.17, 15) is 9.18 Å². The number of carbonyl (C=O) groups is 1. The number of halogens is 1. The molecule has 0 aliphatic rings. The van der Waals surface area contributed by atoms with Crippen molar-refractivity contribution < 1.29 is 13.9 Å². The Kier molecular flexibility index (Phi) is 4.74. The molecular formula is C10H13FO2. The molecule has 0 rings (SSSR count). The molecule has 2 nitrogen and oxygen atoms in total. The van der Waals surface area contributed by atoms with Gasteiger partial charge in [-0.1, -0.05) is 13.2 Å². The van der Waals surface area contributed by atoms with Crippen LogP contribution in [0, 0.1) is 0 Å². The molecule has 0 radical (unpaired) electrons. The Balaban J connectivity index is 4.37. The fraction of sp³-hybridized carbons (Fsp3) is 0.300. The summed E-state index contributed by atoms with van der Waals surface area (Å²) in [5.74, 6) is -1.17. The minimum atomic E-state index is -0.612. The first-order valence-electron chi connectivity index (χ1n) is 3.88. The number of esters is 1. The second-order valence-corrected chi connectivity index (χ2v) is 2.52. The van der Waals surface area contributed by atoms with Crippen molar-refractivity contribution in [2.45, 2.75) is 13.8 Å². The third-order valence-electron chi connectivity index (χ3n) is 1.25. The zero-order valence-electron chi connectivity index (χ0n) is 7.89. The standard InChI is InChI=1S/C10H13FO2/c1-5-13-10(12)8(4)6-9(11)7(2)3/h6H,2,4-5H2,1,3H3/b9-6+. The molecule has 0 bridgehead atoms. The van der Waals surface area contributed by atoms with Crippen LogP contribution in [0.3, 0.4) is 0 Å². The summed E-state index contributed by atoms with van der Waals surface area (Å²) < 4.78 is 17.5. The van der Waals surface area contributed by atoms with Crippen LogP contribution in [-0.2, 0) is 9.53 Å². The van der Waals surface area contributed by atoms with Gasteiger partial charge in [-0.2, -0.15) is 0 Å². The molecule has 0 aromatic carbocycles. The molecule has 13 heavy (non-hydrogen) atoms. The molecule has 0 heterocycles. The highest BCUT2D eigenvalue weighted by atomic mass is 19.1. The lowest BCUT2D eigenvalue weighted by Crippen LogP contribution is -2.05. The highest BCUT2D eigenvalue weighted by Crippen LogP contribution is 2.11. The minimum absolute atomic E-state index is 0.0117. The van der Waals surface area contributed by atoms with Crippen LogP contribution in [0.5, 0.6) is 0 Å². The van der Waals surface area contributed by atoms with Crippen molar-refractivity contribution >= 4 is 5.97 Å². The quantitative estimate of drug-likeness (QED) is 0.381. The topological polar surface area (TPSA) is 26.3 Å². The van der Waals surface area contributed by atoms with Crippen LogP contribution < -0.4 is 0 Å². The van der Waals surface area contributed by atoms with Crippen molar-refractivity contribution in [3.63, 3.8) is 0 Å². The van der Waals surface area contributed by atoms with Crippen molar-refractivity contribution in [2.75, 3.05) is 6.61 Å². The van der Waals surface area contributed by atoms with Crippen molar-refractivity contribution in [1.29, 1.82) is 0 Å². The minimum Gasteiger partial charge on any atom is -0.462 e.